The number of nitrogens with zero attached hydrogens (tertiary/aromatic N) is 1. The van der Waals surface area contributed by atoms with Crippen LogP contribution in [-0.2, 0) is 22.6 Å². The third-order valence-electron chi connectivity index (χ3n) is 4.66. The fraction of sp³-hybridized carbons (Fsp3) is 0.0870. The zero-order valence-corrected chi connectivity index (χ0v) is 16.7. The number of aliphatic hydroxyl groups excluding tert-OH is 1. The molecular weight excluding hydrogens is 446 g/mol. The van der Waals surface area contributed by atoms with E-state index in [1.54, 1.807) is 0 Å². The van der Waals surface area contributed by atoms with E-state index in [0.29, 0.717) is 18.2 Å². The number of carbonyl (C=O) groups excluding carboxylic acids is 1. The van der Waals surface area contributed by atoms with Gasteiger partial charge in [0.25, 0.3) is 11.3 Å². The maximum absolute atomic E-state index is 14.1. The van der Waals surface area contributed by atoms with Gasteiger partial charge in [0, 0.05) is 36.4 Å². The van der Waals surface area contributed by atoms with Gasteiger partial charge in [0.1, 0.15) is 29.0 Å². The van der Waals surface area contributed by atoms with Crippen molar-refractivity contribution >= 4 is 17.5 Å². The van der Waals surface area contributed by atoms with E-state index in [-0.39, 0.29) is 23.1 Å². The molecule has 0 fully saturated rings. The van der Waals surface area contributed by atoms with Crippen LogP contribution in [0.2, 0.25) is 0 Å². The molecule has 0 spiro atoms. The summed E-state index contributed by atoms with van der Waals surface area (Å²) in [6, 6.07) is 6.64. The molecule has 33 heavy (non-hydrogen) atoms. The van der Waals surface area contributed by atoms with Crippen molar-refractivity contribution < 1.29 is 37.4 Å². The van der Waals surface area contributed by atoms with E-state index in [1.807, 2.05) is 0 Å². The van der Waals surface area contributed by atoms with Gasteiger partial charge in [0.2, 0.25) is 0 Å². The van der Waals surface area contributed by atoms with Crippen LogP contribution in [0.5, 0.6) is 0 Å². The minimum absolute atomic E-state index is 0.0330. The number of aliphatic hydroxyl groups is 1. The predicted octanol–water partition coefficient (Wildman–Crippen LogP) is 3.60. The van der Waals surface area contributed by atoms with Crippen molar-refractivity contribution in [3.05, 3.63) is 111 Å². The molecule has 0 atom stereocenters. The minimum atomic E-state index is -1.88. The Morgan fingerprint density at radius 2 is 1.45 bits per heavy atom. The molecule has 0 bridgehead atoms. The van der Waals surface area contributed by atoms with Crippen LogP contribution < -0.4 is 5.56 Å². The van der Waals surface area contributed by atoms with Gasteiger partial charge < -0.3 is 14.8 Å². The normalized spacial score (nSPS) is 11.5. The molecule has 1 aromatic heterocycles. The highest BCUT2D eigenvalue weighted by Crippen LogP contribution is 2.18. The van der Waals surface area contributed by atoms with Gasteiger partial charge in [0.05, 0.1) is 12.1 Å². The number of rotatable bonds is 7. The summed E-state index contributed by atoms with van der Waals surface area (Å²) in [6.07, 6.45) is 1.36. The summed E-state index contributed by atoms with van der Waals surface area (Å²) in [4.78, 5) is 35.0. The van der Waals surface area contributed by atoms with Gasteiger partial charge in [-0.15, -0.1) is 0 Å². The van der Waals surface area contributed by atoms with Gasteiger partial charge in [0.15, 0.2) is 0 Å². The molecule has 2 aromatic carbocycles. The first-order chi connectivity index (χ1) is 15.5. The summed E-state index contributed by atoms with van der Waals surface area (Å²) in [5.41, 5.74) is -1.29. The first-order valence-electron chi connectivity index (χ1n) is 9.34. The van der Waals surface area contributed by atoms with Crippen molar-refractivity contribution in [2.24, 2.45) is 0 Å². The minimum Gasteiger partial charge on any atom is -0.507 e. The molecule has 3 rings (SSSR count). The van der Waals surface area contributed by atoms with Gasteiger partial charge in [-0.3, -0.25) is 9.59 Å². The van der Waals surface area contributed by atoms with Crippen LogP contribution in [0, 0.1) is 23.3 Å². The standard InChI is InChI=1S/C23H15F4NO5/c24-15-3-1-13(18(26)7-15)5-12-6-17(20(29)9-21(30)23(32)33)22(31)28(10-12)11-14-2-4-16(25)8-19(14)27/h1-4,6-10,29H,5,11H2,(H,32,33)/b20-9-. The number of carboxylic acids is 1. The molecular formula is C23H15F4NO5. The number of aliphatic carboxylic acids is 1. The summed E-state index contributed by atoms with van der Waals surface area (Å²) in [5, 5.41) is 18.9. The van der Waals surface area contributed by atoms with E-state index < -0.39 is 58.4 Å². The van der Waals surface area contributed by atoms with Crippen LogP contribution in [0.15, 0.2) is 59.5 Å². The number of hydrogen-bond donors (Lipinski definition) is 2. The summed E-state index contributed by atoms with van der Waals surface area (Å²) in [6.45, 7) is -0.419. The van der Waals surface area contributed by atoms with Crippen molar-refractivity contribution in [1.82, 2.24) is 4.57 Å². The predicted molar refractivity (Wildman–Crippen MR) is 109 cm³/mol. The molecule has 2 N–H and O–H groups in total. The number of hydrogen-bond acceptors (Lipinski definition) is 4. The molecule has 0 amide bonds. The van der Waals surface area contributed by atoms with Crippen LogP contribution >= 0.6 is 0 Å². The number of aromatic nitrogens is 1. The summed E-state index contributed by atoms with van der Waals surface area (Å²) < 4.78 is 55.6. The molecule has 3 aromatic rings. The van der Waals surface area contributed by atoms with E-state index >= 15 is 0 Å². The second-order valence-corrected chi connectivity index (χ2v) is 7.04. The van der Waals surface area contributed by atoms with Gasteiger partial charge in [-0.05, 0) is 29.3 Å². The van der Waals surface area contributed by atoms with Gasteiger partial charge in [-0.25, -0.2) is 22.4 Å². The molecule has 0 radical (unpaired) electrons. The fourth-order valence-electron chi connectivity index (χ4n) is 3.08. The Kier molecular flexibility index (Phi) is 6.76. The number of halogens is 4. The van der Waals surface area contributed by atoms with Gasteiger partial charge >= 0.3 is 5.97 Å². The lowest BCUT2D eigenvalue weighted by Gasteiger charge is -2.13. The quantitative estimate of drug-likeness (QED) is 0.243. The zero-order chi connectivity index (χ0) is 24.3. The maximum Gasteiger partial charge on any atom is 0.376 e. The van der Waals surface area contributed by atoms with Gasteiger partial charge in [-0.1, -0.05) is 12.1 Å². The Bertz CT molecular complexity index is 1350. The third kappa shape index (κ3) is 5.53. The molecule has 0 aliphatic carbocycles. The number of pyridine rings is 1. The summed E-state index contributed by atoms with van der Waals surface area (Å²) in [7, 11) is 0. The molecule has 170 valence electrons. The average Bonchev–Trinajstić information content (AvgIpc) is 2.73. The van der Waals surface area contributed by atoms with Crippen LogP contribution in [0.3, 0.4) is 0 Å². The number of carboxylic acid groups (broad SMARTS) is 1. The second-order valence-electron chi connectivity index (χ2n) is 7.04. The lowest BCUT2D eigenvalue weighted by Crippen LogP contribution is -2.25. The van der Waals surface area contributed by atoms with Gasteiger partial charge in [-0.2, -0.15) is 0 Å². The first kappa shape index (κ1) is 23.5. The smallest absolute Gasteiger partial charge is 0.376 e. The van der Waals surface area contributed by atoms with Crippen molar-refractivity contribution in [3.8, 4) is 0 Å². The SMILES string of the molecule is O=C(O)C(=O)/C=C(\O)c1cc(Cc2ccc(F)cc2F)cn(Cc2ccc(F)cc2F)c1=O. The Balaban J connectivity index is 2.12. The average molecular weight is 461 g/mol. The zero-order valence-electron chi connectivity index (χ0n) is 16.7. The molecule has 10 heteroatoms. The van der Waals surface area contributed by atoms with Crippen molar-refractivity contribution in [3.63, 3.8) is 0 Å². The third-order valence-corrected chi connectivity index (χ3v) is 4.66. The first-order valence-corrected chi connectivity index (χ1v) is 9.34. The topological polar surface area (TPSA) is 96.6 Å². The Labute approximate surface area is 183 Å². The lowest BCUT2D eigenvalue weighted by atomic mass is 10.0. The van der Waals surface area contributed by atoms with E-state index in [1.165, 1.54) is 12.3 Å². The van der Waals surface area contributed by atoms with Crippen LogP contribution in [-0.4, -0.2) is 26.5 Å². The largest absolute Gasteiger partial charge is 0.507 e. The maximum atomic E-state index is 14.1. The number of ketones is 1. The molecule has 0 saturated heterocycles. The number of benzene rings is 2. The molecule has 1 heterocycles. The summed E-state index contributed by atoms with van der Waals surface area (Å²) >= 11 is 0. The molecule has 0 unspecified atom stereocenters. The van der Waals surface area contributed by atoms with E-state index in [2.05, 4.69) is 0 Å². The highest BCUT2D eigenvalue weighted by molar-refractivity contribution is 6.38. The molecule has 0 aliphatic heterocycles. The molecule has 6 nitrogen and oxygen atoms in total. The monoisotopic (exact) mass is 461 g/mol. The highest BCUT2D eigenvalue weighted by atomic mass is 19.1. The summed E-state index contributed by atoms with van der Waals surface area (Å²) in [5.74, 6) is -7.81. The van der Waals surface area contributed by atoms with E-state index in [9.17, 15) is 37.1 Å². The van der Waals surface area contributed by atoms with Crippen molar-refractivity contribution in [2.75, 3.05) is 0 Å². The highest BCUT2D eigenvalue weighted by Gasteiger charge is 2.17. The fourth-order valence-corrected chi connectivity index (χ4v) is 3.08. The Morgan fingerprint density at radius 1 is 0.879 bits per heavy atom. The van der Waals surface area contributed by atoms with Crippen LogP contribution in [0.1, 0.15) is 22.3 Å². The Morgan fingerprint density at radius 3 is 2.00 bits per heavy atom. The van der Waals surface area contributed by atoms with Crippen molar-refractivity contribution in [1.29, 1.82) is 0 Å². The lowest BCUT2D eigenvalue weighted by molar-refractivity contribution is -0.146. The number of carbonyl (C=O) groups is 2. The van der Waals surface area contributed by atoms with Crippen LogP contribution in [0.4, 0.5) is 17.6 Å². The van der Waals surface area contributed by atoms with E-state index in [4.69, 9.17) is 5.11 Å². The Hall–Kier alpha value is -4.21. The van der Waals surface area contributed by atoms with Crippen molar-refractivity contribution in [2.45, 2.75) is 13.0 Å². The second kappa shape index (κ2) is 9.51. The van der Waals surface area contributed by atoms with E-state index in [0.717, 1.165) is 28.8 Å². The van der Waals surface area contributed by atoms with Crippen LogP contribution in [0.25, 0.3) is 5.76 Å². The molecule has 0 aliphatic rings. The molecule has 0 saturated carbocycles.